The molecule has 2 heterocycles. The van der Waals surface area contributed by atoms with Crippen LogP contribution in [0.3, 0.4) is 0 Å². The van der Waals surface area contributed by atoms with Gasteiger partial charge in [0.2, 0.25) is 0 Å². The van der Waals surface area contributed by atoms with Crippen molar-refractivity contribution in [1.82, 2.24) is 9.80 Å². The van der Waals surface area contributed by atoms with Crippen LogP contribution >= 0.6 is 0 Å². The molecule has 2 fully saturated rings. The van der Waals surface area contributed by atoms with Crippen LogP contribution in [0.15, 0.2) is 30.3 Å². The van der Waals surface area contributed by atoms with Gasteiger partial charge in [0, 0.05) is 25.7 Å². The lowest BCUT2D eigenvalue weighted by Gasteiger charge is -2.37. The molecule has 2 saturated heterocycles. The molecule has 2 nitrogen and oxygen atoms in total. The Morgan fingerprint density at radius 2 is 2.00 bits per heavy atom. The number of piperazine rings is 1. The number of hydrogen-bond donors (Lipinski definition) is 0. The van der Waals surface area contributed by atoms with Crippen molar-refractivity contribution in [2.75, 3.05) is 32.7 Å². The van der Waals surface area contributed by atoms with Gasteiger partial charge >= 0.3 is 0 Å². The first-order valence-electron chi connectivity index (χ1n) is 7.84. The Labute approximate surface area is 117 Å². The molecule has 0 radical (unpaired) electrons. The average molecular weight is 258 g/mol. The molecule has 0 spiro atoms. The summed E-state index contributed by atoms with van der Waals surface area (Å²) >= 11 is 0. The van der Waals surface area contributed by atoms with Crippen LogP contribution in [-0.2, 0) is 0 Å². The lowest BCUT2D eigenvalue weighted by atomic mass is 9.97. The summed E-state index contributed by atoms with van der Waals surface area (Å²) in [6.45, 7) is 8.85. The van der Waals surface area contributed by atoms with Crippen LogP contribution in [0.25, 0.3) is 0 Å². The first-order chi connectivity index (χ1) is 9.33. The van der Waals surface area contributed by atoms with Crippen molar-refractivity contribution >= 4 is 0 Å². The smallest absolute Gasteiger partial charge is 0.0224 e. The molecule has 2 aliphatic rings. The zero-order chi connectivity index (χ0) is 13.1. The molecule has 0 aliphatic carbocycles. The van der Waals surface area contributed by atoms with Crippen LogP contribution in [0.4, 0.5) is 0 Å². The third-order valence-corrected chi connectivity index (χ3v) is 4.92. The summed E-state index contributed by atoms with van der Waals surface area (Å²) in [6.07, 6.45) is 4.13. The Hall–Kier alpha value is -0.860. The number of benzene rings is 1. The van der Waals surface area contributed by atoms with Gasteiger partial charge in [-0.15, -0.1) is 0 Å². The maximum absolute atomic E-state index is 2.69. The molecule has 2 atom stereocenters. The highest BCUT2D eigenvalue weighted by Gasteiger charge is 2.30. The standard InChI is InChI=1S/C17H26N2/c1-15(16-6-3-2-4-7-16)9-11-18-12-13-19-10-5-8-17(19)14-18/h2-4,6-7,15,17H,5,8-14H2,1H3. The summed E-state index contributed by atoms with van der Waals surface area (Å²) < 4.78 is 0. The molecule has 1 aromatic carbocycles. The second-order valence-corrected chi connectivity index (χ2v) is 6.23. The Morgan fingerprint density at radius 3 is 2.84 bits per heavy atom. The fourth-order valence-electron chi connectivity index (χ4n) is 3.58. The normalized spacial score (nSPS) is 26.3. The van der Waals surface area contributed by atoms with Crippen molar-refractivity contribution in [2.24, 2.45) is 0 Å². The van der Waals surface area contributed by atoms with E-state index in [2.05, 4.69) is 47.1 Å². The van der Waals surface area contributed by atoms with Gasteiger partial charge in [-0.2, -0.15) is 0 Å². The quantitative estimate of drug-likeness (QED) is 0.819. The predicted octanol–water partition coefficient (Wildman–Crippen LogP) is 2.96. The summed E-state index contributed by atoms with van der Waals surface area (Å²) in [6, 6.07) is 11.8. The van der Waals surface area contributed by atoms with E-state index in [-0.39, 0.29) is 0 Å². The summed E-state index contributed by atoms with van der Waals surface area (Å²) in [5.74, 6) is 0.683. The van der Waals surface area contributed by atoms with Gasteiger partial charge in [-0.3, -0.25) is 4.90 Å². The largest absolute Gasteiger partial charge is 0.300 e. The third kappa shape index (κ3) is 3.18. The zero-order valence-electron chi connectivity index (χ0n) is 12.1. The van der Waals surface area contributed by atoms with Crippen molar-refractivity contribution in [1.29, 1.82) is 0 Å². The van der Waals surface area contributed by atoms with Crippen LogP contribution in [0.1, 0.15) is 37.7 Å². The maximum Gasteiger partial charge on any atom is 0.0224 e. The van der Waals surface area contributed by atoms with Crippen LogP contribution in [0, 0.1) is 0 Å². The van der Waals surface area contributed by atoms with Gasteiger partial charge in [-0.25, -0.2) is 0 Å². The highest BCUT2D eigenvalue weighted by atomic mass is 15.3. The Morgan fingerprint density at radius 1 is 1.16 bits per heavy atom. The topological polar surface area (TPSA) is 6.48 Å². The van der Waals surface area contributed by atoms with E-state index in [1.807, 2.05) is 0 Å². The Bertz CT molecular complexity index is 390. The van der Waals surface area contributed by atoms with E-state index in [1.54, 1.807) is 0 Å². The van der Waals surface area contributed by atoms with Gasteiger partial charge < -0.3 is 4.90 Å². The average Bonchev–Trinajstić information content (AvgIpc) is 2.93. The molecule has 3 rings (SSSR count). The minimum atomic E-state index is 0.683. The third-order valence-electron chi connectivity index (χ3n) is 4.92. The van der Waals surface area contributed by atoms with E-state index in [0.717, 1.165) is 6.04 Å². The van der Waals surface area contributed by atoms with Crippen LogP contribution in [0.5, 0.6) is 0 Å². The van der Waals surface area contributed by atoms with E-state index >= 15 is 0 Å². The van der Waals surface area contributed by atoms with E-state index < -0.39 is 0 Å². The van der Waals surface area contributed by atoms with E-state index in [9.17, 15) is 0 Å². The molecule has 0 bridgehead atoms. The summed E-state index contributed by atoms with van der Waals surface area (Å²) in [5, 5.41) is 0. The van der Waals surface area contributed by atoms with Gasteiger partial charge in [-0.1, -0.05) is 37.3 Å². The molecule has 19 heavy (non-hydrogen) atoms. The molecule has 2 unspecified atom stereocenters. The number of hydrogen-bond acceptors (Lipinski definition) is 2. The van der Waals surface area contributed by atoms with Crippen molar-refractivity contribution in [2.45, 2.75) is 38.1 Å². The van der Waals surface area contributed by atoms with Gasteiger partial charge in [0.05, 0.1) is 0 Å². The van der Waals surface area contributed by atoms with Gasteiger partial charge in [-0.05, 0) is 43.8 Å². The minimum Gasteiger partial charge on any atom is -0.300 e. The minimum absolute atomic E-state index is 0.683. The lowest BCUT2D eigenvalue weighted by Crippen LogP contribution is -2.50. The second kappa shape index (κ2) is 6.06. The highest BCUT2D eigenvalue weighted by Crippen LogP contribution is 2.23. The van der Waals surface area contributed by atoms with Gasteiger partial charge in [0.15, 0.2) is 0 Å². The summed E-state index contributed by atoms with van der Waals surface area (Å²) in [5.41, 5.74) is 1.49. The highest BCUT2D eigenvalue weighted by molar-refractivity contribution is 5.18. The molecule has 0 amide bonds. The van der Waals surface area contributed by atoms with Crippen LogP contribution in [0.2, 0.25) is 0 Å². The van der Waals surface area contributed by atoms with Crippen molar-refractivity contribution in [3.8, 4) is 0 Å². The lowest BCUT2D eigenvalue weighted by molar-refractivity contribution is 0.102. The Balaban J connectivity index is 1.47. The van der Waals surface area contributed by atoms with Crippen LogP contribution in [-0.4, -0.2) is 48.6 Å². The molecule has 0 saturated carbocycles. The van der Waals surface area contributed by atoms with Crippen molar-refractivity contribution in [3.05, 3.63) is 35.9 Å². The Kier molecular flexibility index (Phi) is 4.19. The van der Waals surface area contributed by atoms with Crippen molar-refractivity contribution in [3.63, 3.8) is 0 Å². The molecule has 2 aliphatic heterocycles. The number of rotatable bonds is 4. The fraction of sp³-hybridized carbons (Fsp3) is 0.647. The second-order valence-electron chi connectivity index (χ2n) is 6.23. The molecule has 104 valence electrons. The molecule has 0 N–H and O–H groups in total. The predicted molar refractivity (Wildman–Crippen MR) is 80.5 cm³/mol. The number of fused-ring (bicyclic) bond motifs is 1. The molecule has 0 aromatic heterocycles. The first kappa shape index (κ1) is 13.1. The van der Waals surface area contributed by atoms with Crippen molar-refractivity contribution < 1.29 is 0 Å². The SMILES string of the molecule is CC(CCN1CCN2CCCC2C1)c1ccccc1. The molecule has 1 aromatic rings. The number of nitrogens with zero attached hydrogens (tertiary/aromatic N) is 2. The van der Waals surface area contributed by atoms with E-state index in [4.69, 9.17) is 0 Å². The molecule has 2 heteroatoms. The zero-order valence-corrected chi connectivity index (χ0v) is 12.1. The maximum atomic E-state index is 2.69. The van der Waals surface area contributed by atoms with E-state index in [1.165, 1.54) is 57.5 Å². The summed E-state index contributed by atoms with van der Waals surface area (Å²) in [7, 11) is 0. The van der Waals surface area contributed by atoms with E-state index in [0.29, 0.717) is 5.92 Å². The fourth-order valence-corrected chi connectivity index (χ4v) is 3.58. The van der Waals surface area contributed by atoms with Gasteiger partial charge in [0.25, 0.3) is 0 Å². The molecular weight excluding hydrogens is 232 g/mol. The first-order valence-corrected chi connectivity index (χ1v) is 7.84. The monoisotopic (exact) mass is 258 g/mol. The summed E-state index contributed by atoms with van der Waals surface area (Å²) in [4.78, 5) is 5.38. The molecular formula is C17H26N2. The van der Waals surface area contributed by atoms with Gasteiger partial charge in [0.1, 0.15) is 0 Å². The van der Waals surface area contributed by atoms with Crippen LogP contribution < -0.4 is 0 Å².